The normalized spacial score (nSPS) is 15.5. The molecule has 352 valence electrons. The zero-order chi connectivity index (χ0) is 48.0. The molecule has 25 heteroatoms. The minimum absolute atomic E-state index is 0.00441. The number of nitrogens with one attached hydrogen (secondary N) is 7. The predicted molar refractivity (Wildman–Crippen MR) is 220 cm³/mol. The topological polar surface area (TPSA) is 399 Å². The van der Waals surface area contributed by atoms with E-state index in [4.69, 9.17) is 10.8 Å². The van der Waals surface area contributed by atoms with Gasteiger partial charge in [-0.3, -0.25) is 47.9 Å². The van der Waals surface area contributed by atoms with Crippen molar-refractivity contribution in [1.29, 1.82) is 0 Å². The Balaban J connectivity index is 6.51. The molecule has 0 unspecified atom stereocenters. The third kappa shape index (κ3) is 21.8. The Hall–Kier alpha value is -5.56. The van der Waals surface area contributed by atoms with Gasteiger partial charge in [-0.05, 0) is 63.4 Å². The number of carbonyl (C=O) groups is 11. The molecule has 9 atom stereocenters. The first-order valence-corrected chi connectivity index (χ1v) is 21.0. The van der Waals surface area contributed by atoms with Gasteiger partial charge in [0.25, 0.3) is 0 Å². The van der Waals surface area contributed by atoms with Crippen LogP contribution in [0.5, 0.6) is 0 Å². The molecule has 0 bridgehead atoms. The van der Waals surface area contributed by atoms with Gasteiger partial charge < -0.3 is 68.5 Å². The number of aliphatic hydroxyl groups excluding tert-OH is 1. The monoisotopic (exact) mass is 906 g/mol. The van der Waals surface area contributed by atoms with E-state index in [0.717, 1.165) is 6.92 Å². The zero-order valence-corrected chi connectivity index (χ0v) is 36.5. The number of hydrogen-bond donors (Lipinski definition) is 13. The highest BCUT2D eigenvalue weighted by Crippen LogP contribution is 2.12. The van der Waals surface area contributed by atoms with Crippen LogP contribution in [0.1, 0.15) is 86.5 Å². The van der Waals surface area contributed by atoms with Crippen LogP contribution in [0.25, 0.3) is 0 Å². The summed E-state index contributed by atoms with van der Waals surface area (Å²) in [5.74, 6) is -13.5. The van der Waals surface area contributed by atoms with Gasteiger partial charge in [0.15, 0.2) is 0 Å². The number of hydrogen-bond acceptors (Lipinski definition) is 14. The van der Waals surface area contributed by atoms with Crippen molar-refractivity contribution in [3.05, 3.63) is 0 Å². The van der Waals surface area contributed by atoms with Gasteiger partial charge in [0.05, 0.1) is 18.6 Å². The average molecular weight is 907 g/mol. The lowest BCUT2D eigenvalue weighted by Crippen LogP contribution is -2.61. The van der Waals surface area contributed by atoms with Gasteiger partial charge in [0.1, 0.15) is 42.3 Å². The third-order valence-corrected chi connectivity index (χ3v) is 9.50. The molecule has 0 heterocycles. The summed E-state index contributed by atoms with van der Waals surface area (Å²) in [4.78, 5) is 139. The molecule has 0 aromatic heterocycles. The molecular formula is C37H62N8O16S. The highest BCUT2D eigenvalue weighted by Gasteiger charge is 2.36. The summed E-state index contributed by atoms with van der Waals surface area (Å²) in [6.07, 6.45) is -3.28. The maximum absolute atomic E-state index is 13.8. The van der Waals surface area contributed by atoms with E-state index < -0.39 is 158 Å². The molecule has 62 heavy (non-hydrogen) atoms. The van der Waals surface area contributed by atoms with Crippen LogP contribution in [0.2, 0.25) is 0 Å². The number of carboxylic acid groups (broad SMARTS) is 4. The molecule has 0 spiro atoms. The maximum atomic E-state index is 13.8. The molecule has 0 fully saturated rings. The van der Waals surface area contributed by atoms with Gasteiger partial charge in [-0.2, -0.15) is 11.8 Å². The first kappa shape index (κ1) is 56.4. The Morgan fingerprint density at radius 1 is 0.500 bits per heavy atom. The lowest BCUT2D eigenvalue weighted by molar-refractivity contribution is -0.147. The van der Waals surface area contributed by atoms with Crippen LogP contribution in [0.15, 0.2) is 0 Å². The summed E-state index contributed by atoms with van der Waals surface area (Å²) in [7, 11) is 0. The van der Waals surface area contributed by atoms with E-state index in [1.54, 1.807) is 20.1 Å². The maximum Gasteiger partial charge on any atom is 0.326 e. The molecule has 0 saturated carbocycles. The number of rotatable bonds is 30. The van der Waals surface area contributed by atoms with Gasteiger partial charge in [-0.25, -0.2) is 4.79 Å². The molecule has 0 aliphatic heterocycles. The van der Waals surface area contributed by atoms with Gasteiger partial charge in [0.2, 0.25) is 41.4 Å². The van der Waals surface area contributed by atoms with E-state index in [1.165, 1.54) is 32.5 Å². The van der Waals surface area contributed by atoms with E-state index in [-0.39, 0.29) is 18.8 Å². The minimum Gasteiger partial charge on any atom is -0.481 e. The number of aliphatic carboxylic acids is 4. The smallest absolute Gasteiger partial charge is 0.326 e. The highest BCUT2D eigenvalue weighted by atomic mass is 32.2. The first-order valence-electron chi connectivity index (χ1n) is 19.6. The Labute approximate surface area is 362 Å². The molecule has 0 aromatic carbocycles. The van der Waals surface area contributed by atoms with Crippen molar-refractivity contribution in [3.8, 4) is 0 Å². The third-order valence-electron chi connectivity index (χ3n) is 8.86. The molecule has 7 amide bonds. The van der Waals surface area contributed by atoms with Crippen molar-refractivity contribution in [3.63, 3.8) is 0 Å². The van der Waals surface area contributed by atoms with Gasteiger partial charge in [0, 0.05) is 12.8 Å². The van der Waals surface area contributed by atoms with Crippen molar-refractivity contribution >= 4 is 77.0 Å². The fraction of sp³-hybridized carbons (Fsp3) is 0.703. The van der Waals surface area contributed by atoms with Gasteiger partial charge >= 0.3 is 23.9 Å². The van der Waals surface area contributed by atoms with Crippen LogP contribution in [-0.4, -0.2) is 157 Å². The molecule has 0 rings (SSSR count). The Morgan fingerprint density at radius 3 is 1.27 bits per heavy atom. The summed E-state index contributed by atoms with van der Waals surface area (Å²) in [5.41, 5.74) is 5.53. The van der Waals surface area contributed by atoms with Crippen LogP contribution in [0.3, 0.4) is 0 Å². The Bertz CT molecular complexity index is 1610. The number of thioether (sulfide) groups is 1. The number of aliphatic hydroxyl groups is 1. The number of amides is 7. The quantitative estimate of drug-likeness (QED) is 0.0338. The molecule has 0 saturated heterocycles. The summed E-state index contributed by atoms with van der Waals surface area (Å²) < 4.78 is 0. The summed E-state index contributed by atoms with van der Waals surface area (Å²) in [6.45, 7) is 8.93. The van der Waals surface area contributed by atoms with Crippen LogP contribution in [0.4, 0.5) is 0 Å². The van der Waals surface area contributed by atoms with Crippen LogP contribution in [0, 0.1) is 11.8 Å². The molecular weight excluding hydrogens is 845 g/mol. The van der Waals surface area contributed by atoms with Crippen LogP contribution < -0.4 is 43.0 Å². The zero-order valence-electron chi connectivity index (χ0n) is 35.7. The number of carbonyl (C=O) groups excluding carboxylic acids is 7. The minimum atomic E-state index is -1.81. The fourth-order valence-corrected chi connectivity index (χ4v) is 5.95. The van der Waals surface area contributed by atoms with E-state index >= 15 is 0 Å². The Kier molecular flexibility index (Phi) is 25.6. The SMILES string of the molecule is CSCC[C@H](NC(=O)[C@H](CC(C)C)NC(=O)[C@@H](NC(=O)[C@H](CCC(=O)O)NC(=O)[C@H](CCC(=O)O)NC(=O)[C@@H](NC(=O)[C@H](C)N)[C@@H](C)O)C(C)C)C(=O)N[C@@H](CC(=O)O)C(=O)O. The molecule has 0 aliphatic rings. The predicted octanol–water partition coefficient (Wildman–Crippen LogP) is -3.15. The van der Waals surface area contributed by atoms with E-state index in [1.807, 2.05) is 0 Å². The van der Waals surface area contributed by atoms with Crippen LogP contribution in [-0.2, 0) is 52.7 Å². The number of nitrogens with two attached hydrogens (primary N) is 1. The standard InChI is InChI=1S/C37H62N8O16S/c1-16(2)14-23(34(57)40-22(12-13-62-7)32(55)43-24(37(60)61)15-27(51)52)42-35(58)28(17(3)4)44-33(56)21(9-11-26(49)50)39-31(54)20(8-10-25(47)48)41-36(59)29(19(6)46)45-30(53)18(5)38/h16-24,28-29,46H,8-15,38H2,1-7H3,(H,39,54)(H,40,57)(H,41,59)(H,42,58)(H,43,55)(H,44,56)(H,45,53)(H,47,48)(H,49,50)(H,51,52)(H,60,61)/t18-,19+,20-,21-,22-,23-,24-,28-,29-/m0/s1. The molecule has 0 radical (unpaired) electrons. The fourth-order valence-electron chi connectivity index (χ4n) is 5.47. The van der Waals surface area contributed by atoms with E-state index in [9.17, 15) is 73.2 Å². The number of carboxylic acids is 4. The summed E-state index contributed by atoms with van der Waals surface area (Å²) in [6, 6.07) is -12.1. The largest absolute Gasteiger partial charge is 0.481 e. The molecule has 14 N–H and O–H groups in total. The molecule has 0 aliphatic carbocycles. The summed E-state index contributed by atoms with van der Waals surface area (Å²) in [5, 5.41) is 63.6. The Morgan fingerprint density at radius 2 is 0.887 bits per heavy atom. The van der Waals surface area contributed by atoms with Gasteiger partial charge in [-0.15, -0.1) is 0 Å². The van der Waals surface area contributed by atoms with Crippen molar-refractivity contribution in [2.75, 3.05) is 12.0 Å². The second kappa shape index (κ2) is 28.1. The second-order valence-corrected chi connectivity index (χ2v) is 16.2. The van der Waals surface area contributed by atoms with Crippen molar-refractivity contribution < 1.29 is 78.3 Å². The molecule has 24 nitrogen and oxygen atoms in total. The average Bonchev–Trinajstić information content (AvgIpc) is 3.15. The highest BCUT2D eigenvalue weighted by molar-refractivity contribution is 7.98. The van der Waals surface area contributed by atoms with Crippen molar-refractivity contribution in [1.82, 2.24) is 37.2 Å². The van der Waals surface area contributed by atoms with Crippen molar-refractivity contribution in [2.45, 2.75) is 141 Å². The van der Waals surface area contributed by atoms with E-state index in [2.05, 4.69) is 37.2 Å². The lowest BCUT2D eigenvalue weighted by atomic mass is 9.99. The van der Waals surface area contributed by atoms with Crippen molar-refractivity contribution in [2.24, 2.45) is 17.6 Å². The van der Waals surface area contributed by atoms with E-state index in [0.29, 0.717) is 5.75 Å². The van der Waals surface area contributed by atoms with Gasteiger partial charge in [-0.1, -0.05) is 27.7 Å². The summed E-state index contributed by atoms with van der Waals surface area (Å²) >= 11 is 1.30. The lowest BCUT2D eigenvalue weighted by Gasteiger charge is -2.29. The first-order chi connectivity index (χ1) is 28.7. The van der Waals surface area contributed by atoms with Crippen LogP contribution >= 0.6 is 11.8 Å². The second-order valence-electron chi connectivity index (χ2n) is 15.3. The molecule has 0 aromatic rings.